The highest BCUT2D eigenvalue weighted by Crippen LogP contribution is 2.19. The van der Waals surface area contributed by atoms with Crippen LogP contribution in [0.25, 0.3) is 0 Å². The second-order valence-electron chi connectivity index (χ2n) is 5.11. The van der Waals surface area contributed by atoms with Gasteiger partial charge in [0, 0.05) is 11.6 Å². The predicted octanol–water partition coefficient (Wildman–Crippen LogP) is 2.31. The van der Waals surface area contributed by atoms with Crippen molar-refractivity contribution in [2.75, 3.05) is 10.6 Å². The largest absolute Gasteiger partial charge is 0.280 e. The number of aryl methyl sites for hydroxylation is 1. The van der Waals surface area contributed by atoms with Gasteiger partial charge in [-0.25, -0.2) is 22.0 Å². The molecule has 0 aromatic heterocycles. The van der Waals surface area contributed by atoms with Gasteiger partial charge in [0.25, 0.3) is 10.0 Å². The van der Waals surface area contributed by atoms with Crippen LogP contribution < -0.4 is 9.86 Å². The van der Waals surface area contributed by atoms with Crippen molar-refractivity contribution >= 4 is 37.3 Å². The van der Waals surface area contributed by atoms with E-state index in [0.29, 0.717) is 5.88 Å². The lowest BCUT2D eigenvalue weighted by molar-refractivity contribution is 0.597. The average Bonchev–Trinajstić information content (AvgIpc) is 2.52. The minimum atomic E-state index is -3.81. The van der Waals surface area contributed by atoms with Gasteiger partial charge in [-0.05, 0) is 54.8 Å². The minimum Gasteiger partial charge on any atom is -0.280 e. The van der Waals surface area contributed by atoms with Crippen molar-refractivity contribution in [3.05, 3.63) is 54.1 Å². The summed E-state index contributed by atoms with van der Waals surface area (Å²) >= 11 is 5.63. The average molecular weight is 389 g/mol. The fourth-order valence-electron chi connectivity index (χ4n) is 2.03. The van der Waals surface area contributed by atoms with Crippen LogP contribution in [0.2, 0.25) is 0 Å². The zero-order valence-electron chi connectivity index (χ0n) is 12.6. The summed E-state index contributed by atoms with van der Waals surface area (Å²) in [7, 11) is -7.57. The van der Waals surface area contributed by atoms with E-state index < -0.39 is 20.0 Å². The monoisotopic (exact) mass is 388 g/mol. The molecule has 130 valence electrons. The molecule has 0 bridgehead atoms. The van der Waals surface area contributed by atoms with Crippen LogP contribution in [0.15, 0.2) is 58.3 Å². The third kappa shape index (κ3) is 4.94. The fourth-order valence-corrected chi connectivity index (χ4v) is 3.74. The van der Waals surface area contributed by atoms with Gasteiger partial charge in [-0.15, -0.1) is 11.6 Å². The summed E-state index contributed by atoms with van der Waals surface area (Å²) in [6.45, 7) is 0. The third-order valence-electron chi connectivity index (χ3n) is 3.27. The van der Waals surface area contributed by atoms with Crippen molar-refractivity contribution < 1.29 is 16.8 Å². The molecule has 0 aliphatic heterocycles. The minimum absolute atomic E-state index is 0.0888. The van der Waals surface area contributed by atoms with Crippen molar-refractivity contribution in [2.24, 2.45) is 5.14 Å². The molecule has 0 heterocycles. The molecule has 0 aliphatic carbocycles. The Morgan fingerprint density at radius 1 is 0.875 bits per heavy atom. The van der Waals surface area contributed by atoms with E-state index in [4.69, 9.17) is 16.7 Å². The number of benzene rings is 2. The molecule has 9 heteroatoms. The van der Waals surface area contributed by atoms with Gasteiger partial charge in [-0.1, -0.05) is 12.1 Å². The van der Waals surface area contributed by atoms with Crippen molar-refractivity contribution in [1.82, 2.24) is 0 Å². The molecule has 24 heavy (non-hydrogen) atoms. The molecule has 0 atom stereocenters. The first kappa shape index (κ1) is 18.7. The van der Waals surface area contributed by atoms with E-state index in [-0.39, 0.29) is 15.5 Å². The molecule has 0 fully saturated rings. The standard InChI is InChI=1S/C15H17ClN2O4S2/c16-11-1-2-12-3-7-15(8-4-12)24(21,22)18-13-5-9-14(10-6-13)23(17,19)20/h3-10,18H,1-2,11H2,(H2,17,19,20). The van der Waals surface area contributed by atoms with Gasteiger partial charge in [0.1, 0.15) is 0 Å². The van der Waals surface area contributed by atoms with Crippen molar-refractivity contribution in [1.29, 1.82) is 0 Å². The van der Waals surface area contributed by atoms with E-state index in [1.165, 1.54) is 36.4 Å². The summed E-state index contributed by atoms with van der Waals surface area (Å²) in [6, 6.07) is 11.7. The molecule has 0 unspecified atom stereocenters. The summed E-state index contributed by atoms with van der Waals surface area (Å²) in [5.74, 6) is 0.552. The van der Waals surface area contributed by atoms with Gasteiger partial charge in [-0.3, -0.25) is 4.72 Å². The van der Waals surface area contributed by atoms with Gasteiger partial charge in [0.2, 0.25) is 10.0 Å². The van der Waals surface area contributed by atoms with E-state index in [0.717, 1.165) is 18.4 Å². The molecule has 2 aromatic carbocycles. The molecule has 3 N–H and O–H groups in total. The number of anilines is 1. The van der Waals surface area contributed by atoms with Crippen LogP contribution in [0.3, 0.4) is 0 Å². The van der Waals surface area contributed by atoms with Crippen LogP contribution in [-0.2, 0) is 26.5 Å². The Hall–Kier alpha value is -1.61. The summed E-state index contributed by atoms with van der Waals surface area (Å²) in [5, 5.41) is 5.00. The normalized spacial score (nSPS) is 12.1. The van der Waals surface area contributed by atoms with E-state index in [2.05, 4.69) is 4.72 Å². The number of nitrogens with two attached hydrogens (primary N) is 1. The maximum absolute atomic E-state index is 12.3. The number of hydrogen-bond acceptors (Lipinski definition) is 4. The molecule has 0 spiro atoms. The third-order valence-corrected chi connectivity index (χ3v) is 5.86. The number of sulfonamides is 2. The first-order valence-electron chi connectivity index (χ1n) is 7.03. The highest BCUT2D eigenvalue weighted by Gasteiger charge is 2.15. The van der Waals surface area contributed by atoms with Crippen LogP contribution in [0.5, 0.6) is 0 Å². The number of hydrogen-bond donors (Lipinski definition) is 2. The molecule has 6 nitrogen and oxygen atoms in total. The highest BCUT2D eigenvalue weighted by atomic mass is 35.5. The van der Waals surface area contributed by atoms with Gasteiger partial charge >= 0.3 is 0 Å². The summed E-state index contributed by atoms with van der Waals surface area (Å²) in [4.78, 5) is 0.0294. The number of halogens is 1. The molecular formula is C15H17ClN2O4S2. The highest BCUT2D eigenvalue weighted by molar-refractivity contribution is 7.92. The van der Waals surface area contributed by atoms with Gasteiger partial charge < -0.3 is 0 Å². The number of nitrogens with one attached hydrogen (secondary N) is 1. The van der Waals surface area contributed by atoms with E-state index in [1.54, 1.807) is 12.1 Å². The Morgan fingerprint density at radius 3 is 1.92 bits per heavy atom. The lowest BCUT2D eigenvalue weighted by Crippen LogP contribution is -2.14. The van der Waals surface area contributed by atoms with Crippen LogP contribution in [-0.4, -0.2) is 22.7 Å². The molecule has 0 saturated carbocycles. The SMILES string of the molecule is NS(=O)(=O)c1ccc(NS(=O)(=O)c2ccc(CCCCl)cc2)cc1. The molecular weight excluding hydrogens is 372 g/mol. The number of primary sulfonamides is 1. The second kappa shape index (κ2) is 7.52. The Morgan fingerprint density at radius 2 is 1.42 bits per heavy atom. The van der Waals surface area contributed by atoms with Crippen LogP contribution in [0.1, 0.15) is 12.0 Å². The quantitative estimate of drug-likeness (QED) is 0.709. The van der Waals surface area contributed by atoms with E-state index in [1.807, 2.05) is 0 Å². The smallest absolute Gasteiger partial charge is 0.261 e. The Balaban J connectivity index is 2.16. The first-order valence-corrected chi connectivity index (χ1v) is 10.6. The Kier molecular flexibility index (Phi) is 5.87. The summed E-state index contributed by atoms with van der Waals surface area (Å²) < 4.78 is 49.4. The van der Waals surface area contributed by atoms with Crippen LogP contribution >= 0.6 is 11.6 Å². The zero-order valence-corrected chi connectivity index (χ0v) is 15.0. The van der Waals surface area contributed by atoms with Crippen molar-refractivity contribution in [3.63, 3.8) is 0 Å². The summed E-state index contributed by atoms with van der Waals surface area (Å²) in [6.07, 6.45) is 1.61. The Labute approximate surface area is 146 Å². The van der Waals surface area contributed by atoms with Crippen molar-refractivity contribution in [2.45, 2.75) is 22.6 Å². The maximum atomic E-state index is 12.3. The van der Waals surface area contributed by atoms with Crippen LogP contribution in [0.4, 0.5) is 5.69 Å². The lowest BCUT2D eigenvalue weighted by Gasteiger charge is -2.09. The number of rotatable bonds is 7. The van der Waals surface area contributed by atoms with E-state index >= 15 is 0 Å². The second-order valence-corrected chi connectivity index (χ2v) is 8.73. The van der Waals surface area contributed by atoms with E-state index in [9.17, 15) is 16.8 Å². The molecule has 2 aromatic rings. The van der Waals surface area contributed by atoms with Gasteiger partial charge in [0.05, 0.1) is 9.79 Å². The fraction of sp³-hybridized carbons (Fsp3) is 0.200. The van der Waals surface area contributed by atoms with Crippen molar-refractivity contribution in [3.8, 4) is 0 Å². The molecule has 0 saturated heterocycles. The number of alkyl halides is 1. The lowest BCUT2D eigenvalue weighted by atomic mass is 10.1. The topological polar surface area (TPSA) is 106 Å². The van der Waals surface area contributed by atoms with Gasteiger partial charge in [0.15, 0.2) is 0 Å². The first-order chi connectivity index (χ1) is 11.2. The summed E-state index contributed by atoms with van der Waals surface area (Å²) in [5.41, 5.74) is 1.25. The molecule has 0 aliphatic rings. The zero-order chi connectivity index (χ0) is 17.8. The molecule has 0 amide bonds. The van der Waals surface area contributed by atoms with Crippen LogP contribution in [0, 0.1) is 0 Å². The molecule has 0 radical (unpaired) electrons. The van der Waals surface area contributed by atoms with Gasteiger partial charge in [-0.2, -0.15) is 0 Å². The predicted molar refractivity (Wildman–Crippen MR) is 94.1 cm³/mol. The Bertz CT molecular complexity index is 893. The molecule has 2 rings (SSSR count). The maximum Gasteiger partial charge on any atom is 0.261 e.